The Morgan fingerprint density at radius 3 is 2.94 bits per heavy atom. The molecule has 0 spiro atoms. The third-order valence-corrected chi connectivity index (χ3v) is 2.12. The van der Waals surface area contributed by atoms with Crippen LogP contribution in [0.4, 0.5) is 11.6 Å². The molecule has 0 unspecified atom stereocenters. The molecule has 2 aromatic heterocycles. The van der Waals surface area contributed by atoms with Gasteiger partial charge in [0.1, 0.15) is 5.69 Å². The van der Waals surface area contributed by atoms with E-state index >= 15 is 0 Å². The highest BCUT2D eigenvalue weighted by Gasteiger charge is 2.17. The third kappa shape index (κ3) is 2.07. The number of hydrogen-bond acceptors (Lipinski definition) is 6. The molecule has 2 heterocycles. The zero-order valence-electron chi connectivity index (χ0n) is 9.45. The van der Waals surface area contributed by atoms with E-state index in [1.807, 2.05) is 6.92 Å². The summed E-state index contributed by atoms with van der Waals surface area (Å²) in [5, 5.41) is 17.6. The third-order valence-electron chi connectivity index (χ3n) is 2.12. The van der Waals surface area contributed by atoms with Crippen LogP contribution in [-0.4, -0.2) is 35.9 Å². The average molecular weight is 236 g/mol. The number of nitrogens with two attached hydrogens (primary N) is 1. The Morgan fingerprint density at radius 2 is 2.35 bits per heavy atom. The van der Waals surface area contributed by atoms with Crippen LogP contribution in [0.3, 0.4) is 0 Å². The highest BCUT2D eigenvalue weighted by Crippen LogP contribution is 2.12. The van der Waals surface area contributed by atoms with Crippen molar-refractivity contribution < 1.29 is 4.79 Å². The van der Waals surface area contributed by atoms with E-state index in [-0.39, 0.29) is 5.95 Å². The van der Waals surface area contributed by atoms with Crippen molar-refractivity contribution in [2.45, 2.75) is 13.5 Å². The van der Waals surface area contributed by atoms with E-state index in [4.69, 9.17) is 5.73 Å². The lowest BCUT2D eigenvalue weighted by molar-refractivity contribution is 0.101. The van der Waals surface area contributed by atoms with Gasteiger partial charge in [-0.25, -0.2) is 0 Å². The highest BCUT2D eigenvalue weighted by molar-refractivity contribution is 6.05. The molecule has 0 saturated carbocycles. The number of amides is 1. The maximum absolute atomic E-state index is 11.9. The number of nitrogen functional groups attached to an aromatic ring is 1. The molecule has 9 heteroatoms. The molecule has 9 nitrogen and oxygen atoms in total. The summed E-state index contributed by atoms with van der Waals surface area (Å²) >= 11 is 0. The summed E-state index contributed by atoms with van der Waals surface area (Å²) in [6.45, 7) is 2.41. The van der Waals surface area contributed by atoms with Gasteiger partial charge in [0.25, 0.3) is 11.9 Å². The first-order chi connectivity index (χ1) is 8.11. The van der Waals surface area contributed by atoms with Gasteiger partial charge in [0, 0.05) is 6.54 Å². The van der Waals surface area contributed by atoms with E-state index < -0.39 is 5.91 Å². The molecule has 90 valence electrons. The second-order valence-electron chi connectivity index (χ2n) is 3.32. The lowest BCUT2D eigenvalue weighted by atomic mass is 10.3. The van der Waals surface area contributed by atoms with Crippen molar-refractivity contribution in [3.05, 3.63) is 11.9 Å². The van der Waals surface area contributed by atoms with E-state index in [9.17, 15) is 4.79 Å². The molecule has 0 bridgehead atoms. The maximum atomic E-state index is 11.9. The van der Waals surface area contributed by atoms with Gasteiger partial charge in [-0.2, -0.15) is 9.90 Å². The summed E-state index contributed by atoms with van der Waals surface area (Å²) in [5.74, 6) is -0.282. The standard InChI is InChI=1S/C8H12N8O/c1-3-16-6(5(9)4-10-16)7(17)11-8-12-14-15(2)13-8/h4H,3,9H2,1-2H3,(H,11,13,17). The predicted octanol–water partition coefficient (Wildman–Crippen LogP) is -0.739. The lowest BCUT2D eigenvalue weighted by Crippen LogP contribution is -2.19. The molecule has 0 aliphatic rings. The van der Waals surface area contributed by atoms with E-state index in [1.165, 1.54) is 15.7 Å². The number of carbonyl (C=O) groups excluding carboxylic acids is 1. The van der Waals surface area contributed by atoms with Crippen LogP contribution >= 0.6 is 0 Å². The summed E-state index contributed by atoms with van der Waals surface area (Å²) in [4.78, 5) is 13.2. The van der Waals surface area contributed by atoms with Crippen LogP contribution in [0.15, 0.2) is 6.20 Å². The van der Waals surface area contributed by atoms with Crippen molar-refractivity contribution in [2.75, 3.05) is 11.1 Å². The van der Waals surface area contributed by atoms with E-state index in [0.29, 0.717) is 17.9 Å². The molecule has 0 saturated heterocycles. The number of anilines is 2. The van der Waals surface area contributed by atoms with Gasteiger partial charge in [-0.05, 0) is 12.1 Å². The van der Waals surface area contributed by atoms with E-state index in [2.05, 4.69) is 25.8 Å². The molecule has 1 amide bonds. The normalized spacial score (nSPS) is 10.5. The Hall–Kier alpha value is -2.45. The summed E-state index contributed by atoms with van der Waals surface area (Å²) in [6.07, 6.45) is 1.43. The van der Waals surface area contributed by atoms with Crippen LogP contribution in [0.2, 0.25) is 0 Å². The number of nitrogens with one attached hydrogen (secondary N) is 1. The molecule has 2 aromatic rings. The fourth-order valence-electron chi connectivity index (χ4n) is 1.38. The second-order valence-corrected chi connectivity index (χ2v) is 3.32. The predicted molar refractivity (Wildman–Crippen MR) is 59.1 cm³/mol. The molecular weight excluding hydrogens is 224 g/mol. The van der Waals surface area contributed by atoms with Crippen molar-refractivity contribution in [2.24, 2.45) is 7.05 Å². The highest BCUT2D eigenvalue weighted by atomic mass is 16.2. The van der Waals surface area contributed by atoms with Gasteiger partial charge < -0.3 is 5.73 Å². The largest absolute Gasteiger partial charge is 0.396 e. The van der Waals surface area contributed by atoms with Gasteiger partial charge in [-0.1, -0.05) is 5.10 Å². The lowest BCUT2D eigenvalue weighted by Gasteiger charge is -2.04. The zero-order chi connectivity index (χ0) is 12.4. The van der Waals surface area contributed by atoms with Crippen LogP contribution in [0.1, 0.15) is 17.4 Å². The van der Waals surface area contributed by atoms with Crippen molar-refractivity contribution >= 4 is 17.5 Å². The van der Waals surface area contributed by atoms with Crippen LogP contribution in [0, 0.1) is 0 Å². The fraction of sp³-hybridized carbons (Fsp3) is 0.375. The number of aromatic nitrogens is 6. The van der Waals surface area contributed by atoms with Gasteiger partial charge in [0.2, 0.25) is 0 Å². The topological polar surface area (TPSA) is 117 Å². The molecule has 0 aliphatic carbocycles. The number of rotatable bonds is 3. The Morgan fingerprint density at radius 1 is 1.59 bits per heavy atom. The van der Waals surface area contributed by atoms with E-state index in [1.54, 1.807) is 7.05 Å². The minimum absolute atomic E-state index is 0.126. The first-order valence-corrected chi connectivity index (χ1v) is 4.98. The Labute approximate surface area is 96.6 Å². The number of nitrogens with zero attached hydrogens (tertiary/aromatic N) is 6. The Balaban J connectivity index is 2.22. The molecule has 2 rings (SSSR count). The smallest absolute Gasteiger partial charge is 0.278 e. The number of tetrazole rings is 1. The zero-order valence-corrected chi connectivity index (χ0v) is 9.45. The monoisotopic (exact) mass is 236 g/mol. The van der Waals surface area contributed by atoms with Crippen LogP contribution < -0.4 is 11.1 Å². The van der Waals surface area contributed by atoms with Crippen LogP contribution in [0.25, 0.3) is 0 Å². The minimum Gasteiger partial charge on any atom is -0.396 e. The molecule has 0 atom stereocenters. The first-order valence-electron chi connectivity index (χ1n) is 4.98. The van der Waals surface area contributed by atoms with Crippen molar-refractivity contribution in [1.82, 2.24) is 30.0 Å². The summed E-state index contributed by atoms with van der Waals surface area (Å²) in [5.41, 5.74) is 6.28. The summed E-state index contributed by atoms with van der Waals surface area (Å²) in [7, 11) is 1.60. The van der Waals surface area contributed by atoms with Crippen molar-refractivity contribution in [3.8, 4) is 0 Å². The van der Waals surface area contributed by atoms with Gasteiger partial charge >= 0.3 is 0 Å². The van der Waals surface area contributed by atoms with Crippen molar-refractivity contribution in [1.29, 1.82) is 0 Å². The molecule has 3 N–H and O–H groups in total. The molecule has 0 aliphatic heterocycles. The molecule has 0 aromatic carbocycles. The average Bonchev–Trinajstić information content (AvgIpc) is 2.84. The molecular formula is C8H12N8O. The number of carbonyl (C=O) groups is 1. The first kappa shape index (κ1) is 11.0. The van der Waals surface area contributed by atoms with Gasteiger partial charge in [-0.3, -0.25) is 14.8 Å². The number of hydrogen-bond donors (Lipinski definition) is 2. The number of aryl methyl sites for hydroxylation is 2. The minimum atomic E-state index is -0.408. The van der Waals surface area contributed by atoms with Gasteiger partial charge in [0.15, 0.2) is 0 Å². The summed E-state index contributed by atoms with van der Waals surface area (Å²) in [6, 6.07) is 0. The van der Waals surface area contributed by atoms with Crippen molar-refractivity contribution in [3.63, 3.8) is 0 Å². The Bertz CT molecular complexity index is 541. The van der Waals surface area contributed by atoms with E-state index in [0.717, 1.165) is 0 Å². The fourth-order valence-corrected chi connectivity index (χ4v) is 1.38. The molecule has 0 fully saturated rings. The van der Waals surface area contributed by atoms with Gasteiger partial charge in [-0.15, -0.1) is 5.10 Å². The molecule has 0 radical (unpaired) electrons. The van der Waals surface area contributed by atoms with Crippen LogP contribution in [-0.2, 0) is 13.6 Å². The van der Waals surface area contributed by atoms with Gasteiger partial charge in [0.05, 0.1) is 18.9 Å². The van der Waals surface area contributed by atoms with Crippen LogP contribution in [0.5, 0.6) is 0 Å². The quantitative estimate of drug-likeness (QED) is 0.725. The summed E-state index contributed by atoms with van der Waals surface area (Å²) < 4.78 is 1.50. The molecule has 17 heavy (non-hydrogen) atoms. The maximum Gasteiger partial charge on any atom is 0.278 e. The SMILES string of the molecule is CCn1ncc(N)c1C(=O)Nc1nnn(C)n1. The second kappa shape index (κ2) is 4.20. The Kier molecular flexibility index (Phi) is 2.73.